The number of imidazole rings is 1. The molecule has 4 rings (SSSR count). The molecule has 0 radical (unpaired) electrons. The summed E-state index contributed by atoms with van der Waals surface area (Å²) in [5, 5.41) is 7.26. The highest BCUT2D eigenvalue weighted by Gasteiger charge is 2.24. The van der Waals surface area contributed by atoms with Crippen molar-refractivity contribution in [2.24, 2.45) is 0 Å². The van der Waals surface area contributed by atoms with Crippen LogP contribution in [0.3, 0.4) is 0 Å². The lowest BCUT2D eigenvalue weighted by Gasteiger charge is -2.22. The maximum absolute atomic E-state index is 12.7. The van der Waals surface area contributed by atoms with Gasteiger partial charge in [-0.3, -0.25) is 9.59 Å². The molecule has 7 heteroatoms. The Bertz CT molecular complexity index is 1010. The molecule has 1 aliphatic rings. The van der Waals surface area contributed by atoms with E-state index in [1.54, 1.807) is 17.9 Å². The first-order valence-corrected chi connectivity index (χ1v) is 8.60. The van der Waals surface area contributed by atoms with Gasteiger partial charge in [-0.05, 0) is 31.9 Å². The molecule has 2 heterocycles. The monoisotopic (exact) mass is 349 g/mol. The predicted molar refractivity (Wildman–Crippen MR) is 96.4 cm³/mol. The summed E-state index contributed by atoms with van der Waals surface area (Å²) in [7, 11) is 0. The van der Waals surface area contributed by atoms with Crippen molar-refractivity contribution in [1.29, 1.82) is 0 Å². The smallest absolute Gasteiger partial charge is 0.276 e. The van der Waals surface area contributed by atoms with E-state index in [1.165, 1.54) is 6.07 Å². The van der Waals surface area contributed by atoms with Crippen molar-refractivity contribution in [2.45, 2.75) is 32.2 Å². The Hall–Kier alpha value is -3.22. The Morgan fingerprint density at radius 3 is 2.92 bits per heavy atom. The van der Waals surface area contributed by atoms with Gasteiger partial charge in [-0.15, -0.1) is 0 Å². The molecule has 3 aromatic rings. The minimum atomic E-state index is -0.437. The molecule has 0 fully saturated rings. The van der Waals surface area contributed by atoms with Gasteiger partial charge in [0, 0.05) is 29.9 Å². The van der Waals surface area contributed by atoms with Gasteiger partial charge in [0.15, 0.2) is 5.69 Å². The molecule has 0 saturated heterocycles. The van der Waals surface area contributed by atoms with E-state index in [2.05, 4.69) is 20.4 Å². The topological polar surface area (TPSA) is 92.7 Å². The van der Waals surface area contributed by atoms with Crippen molar-refractivity contribution in [3.8, 4) is 5.69 Å². The van der Waals surface area contributed by atoms with E-state index in [0.29, 0.717) is 12.1 Å². The Labute approximate surface area is 150 Å². The third-order valence-corrected chi connectivity index (χ3v) is 4.65. The minimum Gasteiger partial charge on any atom is -0.348 e. The van der Waals surface area contributed by atoms with E-state index >= 15 is 0 Å². The molecular weight excluding hydrogens is 330 g/mol. The number of nitrogens with one attached hydrogen (secondary N) is 2. The van der Waals surface area contributed by atoms with Crippen LogP contribution in [-0.4, -0.2) is 31.7 Å². The SMILES string of the molecule is Cc1cc(=O)c(C(=O)N[C@@H]2CCc3nc[nH]c3C2)nn1-c1ccccc1. The number of H-pyrrole nitrogens is 1. The molecule has 1 atom stereocenters. The molecule has 0 aliphatic heterocycles. The number of para-hydroxylation sites is 1. The highest BCUT2D eigenvalue weighted by Crippen LogP contribution is 2.18. The zero-order chi connectivity index (χ0) is 18.1. The number of benzene rings is 1. The van der Waals surface area contributed by atoms with Gasteiger partial charge in [0.25, 0.3) is 5.91 Å². The molecule has 26 heavy (non-hydrogen) atoms. The lowest BCUT2D eigenvalue weighted by atomic mass is 9.96. The fraction of sp³-hybridized carbons (Fsp3) is 0.263. The van der Waals surface area contributed by atoms with Gasteiger partial charge in [0.1, 0.15) is 0 Å². The molecule has 0 saturated carbocycles. The minimum absolute atomic E-state index is 0.0388. The maximum atomic E-state index is 12.7. The molecule has 132 valence electrons. The van der Waals surface area contributed by atoms with Crippen LogP contribution in [0.15, 0.2) is 47.5 Å². The Balaban J connectivity index is 1.59. The summed E-state index contributed by atoms with van der Waals surface area (Å²) in [5.41, 5.74) is 3.12. The molecule has 0 spiro atoms. The summed E-state index contributed by atoms with van der Waals surface area (Å²) in [6.45, 7) is 1.80. The van der Waals surface area contributed by atoms with Gasteiger partial charge in [-0.1, -0.05) is 18.2 Å². The number of carbonyl (C=O) groups excluding carboxylic acids is 1. The van der Waals surface area contributed by atoms with E-state index in [4.69, 9.17) is 0 Å². The first-order chi connectivity index (χ1) is 12.6. The molecular formula is C19H19N5O2. The van der Waals surface area contributed by atoms with Crippen LogP contribution >= 0.6 is 0 Å². The number of nitrogens with zero attached hydrogens (tertiary/aromatic N) is 3. The van der Waals surface area contributed by atoms with Crippen molar-refractivity contribution < 1.29 is 4.79 Å². The van der Waals surface area contributed by atoms with Crippen LogP contribution in [0.5, 0.6) is 0 Å². The molecule has 0 unspecified atom stereocenters. The molecule has 2 N–H and O–H groups in total. The number of aromatic nitrogens is 4. The van der Waals surface area contributed by atoms with Crippen molar-refractivity contribution in [2.75, 3.05) is 0 Å². The second kappa shape index (κ2) is 6.59. The van der Waals surface area contributed by atoms with Crippen molar-refractivity contribution in [1.82, 2.24) is 25.1 Å². The normalized spacial score (nSPS) is 16.1. The number of fused-ring (bicyclic) bond motifs is 1. The molecule has 1 aromatic carbocycles. The van der Waals surface area contributed by atoms with Crippen LogP contribution in [0.2, 0.25) is 0 Å². The number of aryl methyl sites for hydroxylation is 2. The van der Waals surface area contributed by atoms with E-state index < -0.39 is 5.91 Å². The van der Waals surface area contributed by atoms with E-state index in [1.807, 2.05) is 30.3 Å². The quantitative estimate of drug-likeness (QED) is 0.750. The Kier molecular flexibility index (Phi) is 4.12. The summed E-state index contributed by atoms with van der Waals surface area (Å²) < 4.78 is 1.62. The predicted octanol–water partition coefficient (Wildman–Crippen LogP) is 1.55. The van der Waals surface area contributed by atoms with Gasteiger partial charge < -0.3 is 10.3 Å². The number of amides is 1. The molecule has 0 bridgehead atoms. The van der Waals surface area contributed by atoms with Crippen molar-refractivity contribution in [3.05, 3.63) is 75.7 Å². The molecule has 2 aromatic heterocycles. The van der Waals surface area contributed by atoms with Crippen molar-refractivity contribution in [3.63, 3.8) is 0 Å². The number of aromatic amines is 1. The highest BCUT2D eigenvalue weighted by atomic mass is 16.2. The summed E-state index contributed by atoms with van der Waals surface area (Å²) >= 11 is 0. The fourth-order valence-electron chi connectivity index (χ4n) is 3.31. The summed E-state index contributed by atoms with van der Waals surface area (Å²) in [4.78, 5) is 32.3. The second-order valence-electron chi connectivity index (χ2n) is 6.49. The molecule has 7 nitrogen and oxygen atoms in total. The van der Waals surface area contributed by atoms with Crippen LogP contribution in [-0.2, 0) is 12.8 Å². The standard InChI is InChI=1S/C19H19N5O2/c1-12-9-17(25)18(23-24(12)14-5-3-2-4-6-14)19(26)22-13-7-8-15-16(10-13)21-11-20-15/h2-6,9,11,13H,7-8,10H2,1H3,(H,20,21)(H,22,26)/t13-/m1/s1. The molecule has 1 amide bonds. The molecule has 1 aliphatic carbocycles. The first-order valence-electron chi connectivity index (χ1n) is 8.60. The van der Waals surface area contributed by atoms with Crippen LogP contribution in [0, 0.1) is 6.92 Å². The maximum Gasteiger partial charge on any atom is 0.276 e. The zero-order valence-corrected chi connectivity index (χ0v) is 14.4. The average molecular weight is 349 g/mol. The lowest BCUT2D eigenvalue weighted by Crippen LogP contribution is -2.41. The van der Waals surface area contributed by atoms with Crippen LogP contribution in [0.25, 0.3) is 5.69 Å². The van der Waals surface area contributed by atoms with E-state index in [9.17, 15) is 9.59 Å². The van der Waals surface area contributed by atoms with Gasteiger partial charge >= 0.3 is 0 Å². The van der Waals surface area contributed by atoms with Crippen molar-refractivity contribution >= 4 is 5.91 Å². The summed E-state index contributed by atoms with van der Waals surface area (Å²) in [5.74, 6) is -0.437. The highest BCUT2D eigenvalue weighted by molar-refractivity contribution is 5.92. The van der Waals surface area contributed by atoms with Crippen LogP contribution < -0.4 is 10.7 Å². The summed E-state index contributed by atoms with van der Waals surface area (Å²) in [6, 6.07) is 10.9. The number of rotatable bonds is 3. The summed E-state index contributed by atoms with van der Waals surface area (Å²) in [6.07, 6.45) is 3.95. The number of hydrogen-bond acceptors (Lipinski definition) is 4. The third-order valence-electron chi connectivity index (χ3n) is 4.65. The lowest BCUT2D eigenvalue weighted by molar-refractivity contribution is 0.0925. The Morgan fingerprint density at radius 1 is 1.31 bits per heavy atom. The van der Waals surface area contributed by atoms with Gasteiger partial charge in [-0.2, -0.15) is 5.10 Å². The van der Waals surface area contributed by atoms with Gasteiger partial charge in [0.05, 0.1) is 17.7 Å². The van der Waals surface area contributed by atoms with Gasteiger partial charge in [-0.25, -0.2) is 9.67 Å². The second-order valence-corrected chi connectivity index (χ2v) is 6.49. The van der Waals surface area contributed by atoms with Crippen LogP contribution in [0.1, 0.15) is 34.0 Å². The van der Waals surface area contributed by atoms with Gasteiger partial charge in [0.2, 0.25) is 5.43 Å². The average Bonchev–Trinajstić information content (AvgIpc) is 3.10. The largest absolute Gasteiger partial charge is 0.348 e. The Morgan fingerprint density at radius 2 is 2.12 bits per heavy atom. The van der Waals surface area contributed by atoms with Crippen LogP contribution in [0.4, 0.5) is 0 Å². The zero-order valence-electron chi connectivity index (χ0n) is 14.4. The number of carbonyl (C=O) groups is 1. The number of hydrogen-bond donors (Lipinski definition) is 2. The first kappa shape index (κ1) is 16.3. The van der Waals surface area contributed by atoms with E-state index in [0.717, 1.165) is 29.9 Å². The van der Waals surface area contributed by atoms with E-state index in [-0.39, 0.29) is 17.2 Å². The fourth-order valence-corrected chi connectivity index (χ4v) is 3.31. The third kappa shape index (κ3) is 3.03.